The SMILES string of the molecule is CCN(CC)C(=O)O[13c]1[13cH][13cH][13cH][13cH][13cH]1. The van der Waals surface area contributed by atoms with Crippen LogP contribution in [0.4, 0.5) is 4.79 Å². The van der Waals surface area contributed by atoms with Gasteiger partial charge in [-0.2, -0.15) is 0 Å². The van der Waals surface area contributed by atoms with E-state index < -0.39 is 0 Å². The van der Waals surface area contributed by atoms with Crippen molar-refractivity contribution in [3.63, 3.8) is 0 Å². The zero-order chi connectivity index (χ0) is 10.4. The molecular weight excluding hydrogens is 184 g/mol. The van der Waals surface area contributed by atoms with Crippen LogP contribution in [0.5, 0.6) is 5.75 Å². The van der Waals surface area contributed by atoms with E-state index in [2.05, 4.69) is 0 Å². The number of rotatable bonds is 3. The number of nitrogens with zero attached hydrogens (tertiary/aromatic N) is 1. The van der Waals surface area contributed by atoms with Gasteiger partial charge in [-0.25, -0.2) is 4.79 Å². The van der Waals surface area contributed by atoms with Crippen LogP contribution in [0.1, 0.15) is 13.8 Å². The number of carbonyl (C=O) groups excluding carboxylic acids is 1. The molecule has 3 heteroatoms. The average molecular weight is 199 g/mol. The zero-order valence-electron chi connectivity index (χ0n) is 8.56. The molecule has 0 heterocycles. The van der Waals surface area contributed by atoms with Crippen LogP contribution in [0.3, 0.4) is 0 Å². The second-order valence-corrected chi connectivity index (χ2v) is 2.85. The van der Waals surface area contributed by atoms with Gasteiger partial charge in [0.1, 0.15) is 5.75 Å². The molecule has 0 aliphatic heterocycles. The molecule has 0 unspecified atom stereocenters. The molecule has 0 saturated carbocycles. The van der Waals surface area contributed by atoms with E-state index in [1.54, 1.807) is 17.0 Å². The molecule has 1 amide bonds. The molecule has 0 aliphatic carbocycles. The first-order valence-corrected chi connectivity index (χ1v) is 4.79. The van der Waals surface area contributed by atoms with Crippen LogP contribution in [0.2, 0.25) is 0 Å². The van der Waals surface area contributed by atoms with Crippen molar-refractivity contribution >= 4 is 6.09 Å². The highest BCUT2D eigenvalue weighted by Crippen LogP contribution is 2.09. The van der Waals surface area contributed by atoms with Crippen LogP contribution in [-0.2, 0) is 0 Å². The molecule has 1 aromatic carbocycles. The maximum Gasteiger partial charge on any atom is 0.415 e. The Morgan fingerprint density at radius 1 is 1.21 bits per heavy atom. The van der Waals surface area contributed by atoms with Crippen molar-refractivity contribution in [2.24, 2.45) is 0 Å². The summed E-state index contributed by atoms with van der Waals surface area (Å²) in [6, 6.07) is 9.09. The number of benzene rings is 1. The number of para-hydroxylation sites is 1. The fraction of sp³-hybridized carbons (Fsp3) is 0.364. The van der Waals surface area contributed by atoms with Crippen LogP contribution >= 0.6 is 0 Å². The molecule has 0 atom stereocenters. The molecule has 1 rings (SSSR count). The molecule has 3 nitrogen and oxygen atoms in total. The Kier molecular flexibility index (Phi) is 3.98. The Balaban J connectivity index is 2.57. The first kappa shape index (κ1) is 10.6. The molecule has 1 aromatic rings. The third kappa shape index (κ3) is 2.76. The monoisotopic (exact) mass is 199 g/mol. The normalized spacial score (nSPS) is 9.57. The van der Waals surface area contributed by atoms with E-state index in [1.165, 1.54) is 0 Å². The summed E-state index contributed by atoms with van der Waals surface area (Å²) in [5.41, 5.74) is 0. The maximum atomic E-state index is 11.5. The Morgan fingerprint density at radius 2 is 1.79 bits per heavy atom. The van der Waals surface area contributed by atoms with Crippen molar-refractivity contribution in [3.8, 4) is 5.75 Å². The van der Waals surface area contributed by atoms with Gasteiger partial charge in [0, 0.05) is 13.1 Å². The van der Waals surface area contributed by atoms with Crippen molar-refractivity contribution in [3.05, 3.63) is 30.3 Å². The molecular formula is C11H15NO2. The quantitative estimate of drug-likeness (QED) is 0.748. The summed E-state index contributed by atoms with van der Waals surface area (Å²) in [5, 5.41) is 0. The molecule has 0 aromatic heterocycles. The standard InChI is InChI=1S/C11H15NO2/c1-3-12(4-2)11(13)14-10-8-6-5-7-9-10/h5-9H,3-4H2,1-2H3/i5+1,6+1,7+1,8+1,9+1,10+1. The molecule has 0 aliphatic rings. The van der Waals surface area contributed by atoms with Gasteiger partial charge in [0.05, 0.1) is 0 Å². The first-order chi connectivity index (χ1) is 6.77. The number of hydrogen-bond donors (Lipinski definition) is 0. The highest BCUT2D eigenvalue weighted by Gasteiger charge is 2.10. The van der Waals surface area contributed by atoms with Crippen LogP contribution in [-0.4, -0.2) is 24.1 Å². The highest BCUT2D eigenvalue weighted by atomic mass is 16.6. The fourth-order valence-corrected chi connectivity index (χ4v) is 1.14. The first-order valence-electron chi connectivity index (χ1n) is 4.79. The minimum Gasteiger partial charge on any atom is -0.410 e. The summed E-state index contributed by atoms with van der Waals surface area (Å²) in [5.74, 6) is 0.587. The largest absolute Gasteiger partial charge is 0.415 e. The molecule has 0 N–H and O–H groups in total. The lowest BCUT2D eigenvalue weighted by Gasteiger charge is -2.17. The number of carbonyl (C=O) groups is 1. The van der Waals surface area contributed by atoms with Crippen molar-refractivity contribution in [1.82, 2.24) is 4.90 Å². The van der Waals surface area contributed by atoms with E-state index in [1.807, 2.05) is 32.0 Å². The summed E-state index contributed by atoms with van der Waals surface area (Å²) in [6.07, 6.45) is -0.291. The van der Waals surface area contributed by atoms with Gasteiger partial charge in [-0.05, 0) is 26.0 Å². The van der Waals surface area contributed by atoms with Crippen LogP contribution in [0.15, 0.2) is 30.3 Å². The van der Waals surface area contributed by atoms with E-state index in [-0.39, 0.29) is 6.09 Å². The highest BCUT2D eigenvalue weighted by molar-refractivity contribution is 5.70. The molecule has 0 spiro atoms. The molecule has 0 radical (unpaired) electrons. The smallest absolute Gasteiger partial charge is 0.410 e. The lowest BCUT2D eigenvalue weighted by Crippen LogP contribution is -2.33. The van der Waals surface area contributed by atoms with Gasteiger partial charge < -0.3 is 9.64 Å². The van der Waals surface area contributed by atoms with Crippen molar-refractivity contribution in [2.75, 3.05) is 13.1 Å². The van der Waals surface area contributed by atoms with E-state index >= 15 is 0 Å². The van der Waals surface area contributed by atoms with Crippen LogP contribution < -0.4 is 4.74 Å². The number of amides is 1. The van der Waals surface area contributed by atoms with E-state index in [0.717, 1.165) is 0 Å². The van der Waals surface area contributed by atoms with Crippen molar-refractivity contribution in [2.45, 2.75) is 13.8 Å². The molecule has 0 bridgehead atoms. The minimum absolute atomic E-state index is 0.291. The Hall–Kier alpha value is -1.51. The summed E-state index contributed by atoms with van der Waals surface area (Å²) in [6.45, 7) is 5.19. The van der Waals surface area contributed by atoms with Crippen LogP contribution in [0, 0.1) is 0 Å². The van der Waals surface area contributed by atoms with E-state index in [0.29, 0.717) is 18.8 Å². The lowest BCUT2D eigenvalue weighted by atomic mass is 10.6. The van der Waals surface area contributed by atoms with Gasteiger partial charge >= 0.3 is 6.09 Å². The third-order valence-electron chi connectivity index (χ3n) is 1.97. The molecule has 0 fully saturated rings. The summed E-state index contributed by atoms with van der Waals surface area (Å²) in [4.78, 5) is 13.1. The second kappa shape index (κ2) is 5.27. The van der Waals surface area contributed by atoms with Crippen molar-refractivity contribution in [1.29, 1.82) is 0 Å². The van der Waals surface area contributed by atoms with E-state index in [4.69, 9.17) is 4.74 Å². The van der Waals surface area contributed by atoms with Gasteiger partial charge in [0.2, 0.25) is 0 Å². The van der Waals surface area contributed by atoms with Crippen LogP contribution in [0.25, 0.3) is 0 Å². The van der Waals surface area contributed by atoms with Gasteiger partial charge in [-0.1, -0.05) is 18.2 Å². The Labute approximate surface area is 84.3 Å². The topological polar surface area (TPSA) is 29.5 Å². The predicted octanol–water partition coefficient (Wildman–Crippen LogP) is 2.53. The molecule has 76 valence electrons. The van der Waals surface area contributed by atoms with Gasteiger partial charge in [-0.3, -0.25) is 0 Å². The summed E-state index contributed by atoms with van der Waals surface area (Å²) >= 11 is 0. The lowest BCUT2D eigenvalue weighted by molar-refractivity contribution is 0.157. The zero-order valence-corrected chi connectivity index (χ0v) is 8.56. The number of ether oxygens (including phenoxy) is 1. The third-order valence-corrected chi connectivity index (χ3v) is 1.97. The average Bonchev–Trinajstić information content (AvgIpc) is 2.21. The predicted molar refractivity (Wildman–Crippen MR) is 55.4 cm³/mol. The van der Waals surface area contributed by atoms with Gasteiger partial charge in [0.15, 0.2) is 0 Å². The fourth-order valence-electron chi connectivity index (χ4n) is 1.14. The maximum absolute atomic E-state index is 11.5. The van der Waals surface area contributed by atoms with E-state index in [9.17, 15) is 4.79 Å². The minimum atomic E-state index is -0.291. The number of hydrogen-bond acceptors (Lipinski definition) is 2. The van der Waals surface area contributed by atoms with Gasteiger partial charge in [0.25, 0.3) is 0 Å². The molecule has 0 saturated heterocycles. The van der Waals surface area contributed by atoms with Crippen molar-refractivity contribution < 1.29 is 9.53 Å². The van der Waals surface area contributed by atoms with Gasteiger partial charge in [-0.15, -0.1) is 0 Å². The summed E-state index contributed by atoms with van der Waals surface area (Å²) < 4.78 is 5.15. The summed E-state index contributed by atoms with van der Waals surface area (Å²) in [7, 11) is 0. The second-order valence-electron chi connectivity index (χ2n) is 2.85. The Bertz CT molecular complexity index is 281. The molecule has 14 heavy (non-hydrogen) atoms. The Morgan fingerprint density at radius 3 is 2.29 bits per heavy atom.